The lowest BCUT2D eigenvalue weighted by Gasteiger charge is -2.27. The average Bonchev–Trinajstić information content (AvgIpc) is 3.55. The maximum Gasteiger partial charge on any atom is 0.408 e. The summed E-state index contributed by atoms with van der Waals surface area (Å²) in [6, 6.07) is 19.4. The molecule has 0 aliphatic carbocycles. The fourth-order valence-corrected chi connectivity index (χ4v) is 4.42. The van der Waals surface area contributed by atoms with Gasteiger partial charge in [-0.15, -0.1) is 0 Å². The predicted octanol–water partition coefficient (Wildman–Crippen LogP) is 0.0825. The molecular weight excluding hydrogens is 600 g/mol. The molecule has 1 amide bonds. The largest absolute Gasteiger partial charge is 1.00 e. The third kappa shape index (κ3) is 12.4. The zero-order valence-corrected chi connectivity index (χ0v) is 25.5. The van der Waals surface area contributed by atoms with Crippen LogP contribution in [0.5, 0.6) is 0 Å². The topological polar surface area (TPSA) is 132 Å². The fraction of sp³-hybridized carbons (Fsp3) is 0.483. The molecule has 0 aromatic heterocycles. The van der Waals surface area contributed by atoms with Crippen LogP contribution in [0.15, 0.2) is 60.7 Å². The molecule has 0 unspecified atom stereocenters. The van der Waals surface area contributed by atoms with E-state index >= 15 is 0 Å². The number of benzene rings is 2. The molecular formula is C29H48ClN4O6S2-. The first-order valence-corrected chi connectivity index (χ1v) is 12.2. The van der Waals surface area contributed by atoms with Gasteiger partial charge in [-0.05, 0) is 30.5 Å². The molecule has 2 heterocycles. The zero-order chi connectivity index (χ0) is 26.7. The quantitative estimate of drug-likeness (QED) is 0.282. The van der Waals surface area contributed by atoms with Crippen LogP contribution in [-0.4, -0.2) is 74.4 Å². The van der Waals surface area contributed by atoms with Crippen molar-refractivity contribution in [2.24, 2.45) is 5.73 Å². The van der Waals surface area contributed by atoms with Gasteiger partial charge in [-0.1, -0.05) is 75.5 Å². The Hall–Kier alpha value is -2.48. The number of nitrogens with one attached hydrogen (secondary N) is 2. The van der Waals surface area contributed by atoms with Crippen molar-refractivity contribution in [3.05, 3.63) is 71.8 Å². The molecule has 0 spiro atoms. The molecule has 2 atom stereocenters. The van der Waals surface area contributed by atoms with Crippen LogP contribution in [0.2, 0.25) is 0 Å². The van der Waals surface area contributed by atoms with Gasteiger partial charge in [-0.2, -0.15) is 27.0 Å². The van der Waals surface area contributed by atoms with Crippen LogP contribution in [-0.2, 0) is 37.0 Å². The number of hydrogen-bond acceptors (Lipinski definition) is 9. The number of nitrogens with two attached hydrogens (primary N) is 1. The van der Waals surface area contributed by atoms with E-state index in [-0.39, 0.29) is 66.8 Å². The van der Waals surface area contributed by atoms with Crippen LogP contribution in [0.25, 0.3) is 0 Å². The number of halogens is 1. The van der Waals surface area contributed by atoms with Crippen LogP contribution < -0.4 is 28.8 Å². The van der Waals surface area contributed by atoms with Crippen LogP contribution in [0.3, 0.4) is 0 Å². The number of amides is 1. The van der Waals surface area contributed by atoms with E-state index < -0.39 is 23.1 Å². The molecule has 2 fully saturated rings. The number of carbonyl (C=O) groups excluding carboxylic acids is 3. The minimum atomic E-state index is -1.09. The van der Waals surface area contributed by atoms with Gasteiger partial charge in [-0.3, -0.25) is 9.69 Å². The molecule has 4 rings (SSSR count). The first-order chi connectivity index (χ1) is 17.8. The highest BCUT2D eigenvalue weighted by molar-refractivity contribution is 7.59. The highest BCUT2D eigenvalue weighted by Gasteiger charge is 2.47. The van der Waals surface area contributed by atoms with Gasteiger partial charge >= 0.3 is 18.0 Å². The summed E-state index contributed by atoms with van der Waals surface area (Å²) in [7, 11) is 2.69. The van der Waals surface area contributed by atoms with Gasteiger partial charge in [0.05, 0.1) is 14.2 Å². The van der Waals surface area contributed by atoms with E-state index in [1.807, 2.05) is 60.7 Å². The molecule has 2 aromatic rings. The van der Waals surface area contributed by atoms with Crippen molar-refractivity contribution in [2.45, 2.75) is 51.9 Å². The number of carbonyl (C=O) groups is 3. The number of hydrogen-bond donors (Lipinski definition) is 3. The summed E-state index contributed by atoms with van der Waals surface area (Å²) in [5.41, 5.74) is 5.86. The summed E-state index contributed by atoms with van der Waals surface area (Å²) in [4.78, 5) is 37.8. The molecule has 2 aliphatic rings. The Kier molecular flexibility index (Phi) is 22.2. The Labute approximate surface area is 270 Å². The number of esters is 2. The molecule has 13 heteroatoms. The van der Waals surface area contributed by atoms with Gasteiger partial charge in [0.2, 0.25) is 0 Å². The highest BCUT2D eigenvalue weighted by atomic mass is 35.5. The Bertz CT molecular complexity index is 1050. The number of nitrogens with zero attached hydrogens (tertiary/aromatic N) is 1. The summed E-state index contributed by atoms with van der Waals surface area (Å²) >= 11 is 0. The summed E-state index contributed by atoms with van der Waals surface area (Å²) < 4.78 is 14.8. The van der Waals surface area contributed by atoms with E-state index in [9.17, 15) is 14.4 Å². The van der Waals surface area contributed by atoms with Crippen molar-refractivity contribution >= 4 is 45.0 Å². The van der Waals surface area contributed by atoms with Crippen molar-refractivity contribution in [1.29, 1.82) is 0 Å². The number of methoxy groups -OCH3 is 2. The smallest absolute Gasteiger partial charge is 0.408 e. The van der Waals surface area contributed by atoms with E-state index in [0.29, 0.717) is 39.0 Å². The van der Waals surface area contributed by atoms with Crippen molar-refractivity contribution in [3.8, 4) is 0 Å². The lowest BCUT2D eigenvalue weighted by atomic mass is 9.99. The second kappa shape index (κ2) is 21.2. The van der Waals surface area contributed by atoms with Crippen LogP contribution in [0.4, 0.5) is 4.79 Å². The lowest BCUT2D eigenvalue weighted by Crippen LogP contribution is -3.00. The molecule has 2 aromatic carbocycles. The van der Waals surface area contributed by atoms with Crippen molar-refractivity contribution in [3.63, 3.8) is 0 Å². The number of likely N-dealkylation sites (tertiary alicyclic amines) is 1. The van der Waals surface area contributed by atoms with Crippen molar-refractivity contribution in [1.82, 2.24) is 15.5 Å². The van der Waals surface area contributed by atoms with E-state index in [0.717, 1.165) is 17.7 Å². The SMILES string of the molecule is C.C.COC(=O)[C@]1(N)CCNC1.COC(=O)[C@]1(NC(=O)OCc2ccccc2)CCN(Cc2ccccc2)C1.S.S.[Cl-]. The van der Waals surface area contributed by atoms with E-state index in [1.165, 1.54) is 14.2 Å². The maximum atomic E-state index is 12.4. The molecule has 2 aliphatic heterocycles. The maximum absolute atomic E-state index is 12.4. The van der Waals surface area contributed by atoms with Crippen molar-refractivity contribution < 1.29 is 41.0 Å². The molecule has 0 saturated carbocycles. The zero-order valence-electron chi connectivity index (χ0n) is 22.8. The molecule has 2 saturated heterocycles. The normalized spacial score (nSPS) is 20.2. The Balaban J connectivity index is -0.000000876. The molecule has 0 bridgehead atoms. The summed E-state index contributed by atoms with van der Waals surface area (Å²) in [6.07, 6.45) is 0.526. The van der Waals surface area contributed by atoms with E-state index in [1.54, 1.807) is 0 Å². The second-order valence-corrected chi connectivity index (χ2v) is 9.28. The summed E-state index contributed by atoms with van der Waals surface area (Å²) in [5.74, 6) is -0.771. The predicted molar refractivity (Wildman–Crippen MR) is 171 cm³/mol. The number of rotatable bonds is 7. The lowest BCUT2D eigenvalue weighted by molar-refractivity contribution is -0.148. The van der Waals surface area contributed by atoms with Gasteiger partial charge in [0, 0.05) is 26.2 Å². The van der Waals surface area contributed by atoms with E-state index in [4.69, 9.17) is 15.2 Å². The first kappa shape index (κ1) is 44.0. The van der Waals surface area contributed by atoms with Crippen LogP contribution in [0.1, 0.15) is 38.8 Å². The second-order valence-electron chi connectivity index (χ2n) is 9.28. The highest BCUT2D eigenvalue weighted by Crippen LogP contribution is 2.25. The third-order valence-corrected chi connectivity index (χ3v) is 6.51. The average molecular weight is 648 g/mol. The molecule has 4 N–H and O–H groups in total. The Morgan fingerprint density at radius 3 is 1.95 bits per heavy atom. The van der Waals surface area contributed by atoms with Gasteiger partial charge in [0.15, 0.2) is 5.54 Å². The van der Waals surface area contributed by atoms with Crippen LogP contribution >= 0.6 is 27.0 Å². The fourth-order valence-electron chi connectivity index (χ4n) is 4.42. The molecule has 0 radical (unpaired) electrons. The van der Waals surface area contributed by atoms with Gasteiger partial charge < -0.3 is 43.0 Å². The number of alkyl carbamates (subject to hydrolysis) is 1. The monoisotopic (exact) mass is 647 g/mol. The van der Waals surface area contributed by atoms with Crippen molar-refractivity contribution in [2.75, 3.05) is 40.4 Å². The molecule has 42 heavy (non-hydrogen) atoms. The van der Waals surface area contributed by atoms with Gasteiger partial charge in [0.25, 0.3) is 0 Å². The molecule has 240 valence electrons. The Morgan fingerprint density at radius 2 is 1.45 bits per heavy atom. The minimum Gasteiger partial charge on any atom is -1.00 e. The standard InChI is InChI=1S/C21H24N2O4.C6H12N2O2.2CH4.ClH.2H2S/c1-26-19(24)21(22-20(25)27-15-18-10-6-3-7-11-18)12-13-23(16-21)14-17-8-4-2-5-9-17;1-10-5(9)6(7)2-3-8-4-6;;;;;/h2-11H,12-16H2,1H3,(H,22,25);8H,2-4,7H2,1H3;2*1H4;1H;2*1H2/p-1/t21-;6-;;;;;/m00...../s1. The van der Waals surface area contributed by atoms with Crippen LogP contribution in [0, 0.1) is 0 Å². The summed E-state index contributed by atoms with van der Waals surface area (Å²) in [5, 5.41) is 5.75. The first-order valence-electron chi connectivity index (χ1n) is 12.2. The number of ether oxygens (including phenoxy) is 3. The Morgan fingerprint density at radius 1 is 0.905 bits per heavy atom. The summed E-state index contributed by atoms with van der Waals surface area (Å²) in [6.45, 7) is 3.25. The van der Waals surface area contributed by atoms with Gasteiger partial charge in [0.1, 0.15) is 12.1 Å². The molecule has 10 nitrogen and oxygen atoms in total. The van der Waals surface area contributed by atoms with E-state index in [2.05, 4.69) is 20.3 Å². The van der Waals surface area contributed by atoms with Gasteiger partial charge in [-0.25, -0.2) is 9.59 Å². The minimum absolute atomic E-state index is 0. The third-order valence-electron chi connectivity index (χ3n) is 6.51.